The first-order chi connectivity index (χ1) is 10.3. The van der Waals surface area contributed by atoms with E-state index in [1.807, 2.05) is 9.80 Å². The van der Waals surface area contributed by atoms with Crippen LogP contribution in [0.15, 0.2) is 36.4 Å². The van der Waals surface area contributed by atoms with Gasteiger partial charge in [0.25, 0.3) is 0 Å². The molecule has 1 aliphatic heterocycles. The summed E-state index contributed by atoms with van der Waals surface area (Å²) in [5.74, 6) is -1.01. The summed E-state index contributed by atoms with van der Waals surface area (Å²) in [6, 6.07) is 5.09. The lowest BCUT2D eigenvalue weighted by Gasteiger charge is -2.36. The summed E-state index contributed by atoms with van der Waals surface area (Å²) < 4.78 is 37.6. The fraction of sp³-hybridized carbons (Fsp3) is 0.400. The molecule has 0 spiro atoms. The quantitative estimate of drug-likeness (QED) is 0.867. The van der Waals surface area contributed by atoms with Crippen LogP contribution in [0.25, 0.3) is 0 Å². The lowest BCUT2D eigenvalue weighted by molar-refractivity contribution is -0.137. The second-order valence-electron chi connectivity index (χ2n) is 5.22. The van der Waals surface area contributed by atoms with Crippen LogP contribution in [0.1, 0.15) is 5.56 Å². The van der Waals surface area contributed by atoms with E-state index in [0.717, 1.165) is 17.8 Å². The molecule has 120 valence electrons. The number of piperazine rings is 1. The second kappa shape index (κ2) is 6.39. The van der Waals surface area contributed by atoms with Crippen molar-refractivity contribution in [3.63, 3.8) is 0 Å². The molecule has 0 aromatic heterocycles. The number of nitrogens with zero attached hydrogens (tertiary/aromatic N) is 2. The standard InChI is InChI=1S/C15H17F3N2O2/c1-11(14(21)22)10-19-6-8-20(9-7-19)13-4-2-12(3-5-13)15(16,17)18/h2-5H,1,6-10H2,(H,21,22). The Morgan fingerprint density at radius 1 is 1.14 bits per heavy atom. The highest BCUT2D eigenvalue weighted by Gasteiger charge is 2.30. The van der Waals surface area contributed by atoms with Crippen molar-refractivity contribution in [1.29, 1.82) is 0 Å². The van der Waals surface area contributed by atoms with E-state index in [1.165, 1.54) is 12.1 Å². The predicted molar refractivity (Wildman–Crippen MR) is 76.9 cm³/mol. The number of rotatable bonds is 4. The van der Waals surface area contributed by atoms with Crippen LogP contribution < -0.4 is 4.90 Å². The molecule has 1 aromatic rings. The number of halogens is 3. The Morgan fingerprint density at radius 2 is 1.68 bits per heavy atom. The zero-order valence-electron chi connectivity index (χ0n) is 11.9. The Morgan fingerprint density at radius 3 is 2.14 bits per heavy atom. The molecule has 1 aromatic carbocycles. The maximum absolute atomic E-state index is 12.5. The van der Waals surface area contributed by atoms with Gasteiger partial charge in [-0.3, -0.25) is 4.90 Å². The first-order valence-electron chi connectivity index (χ1n) is 6.83. The summed E-state index contributed by atoms with van der Waals surface area (Å²) in [4.78, 5) is 14.7. The monoisotopic (exact) mass is 314 g/mol. The molecule has 0 amide bonds. The topological polar surface area (TPSA) is 43.8 Å². The van der Waals surface area contributed by atoms with Gasteiger partial charge in [0.15, 0.2) is 0 Å². The molecule has 0 atom stereocenters. The Hall–Kier alpha value is -2.02. The molecule has 0 aliphatic carbocycles. The average molecular weight is 314 g/mol. The summed E-state index contributed by atoms with van der Waals surface area (Å²) in [7, 11) is 0. The van der Waals surface area contributed by atoms with Gasteiger partial charge in [-0.05, 0) is 24.3 Å². The van der Waals surface area contributed by atoms with E-state index in [9.17, 15) is 18.0 Å². The molecular formula is C15H17F3N2O2. The molecule has 7 heteroatoms. The first-order valence-corrected chi connectivity index (χ1v) is 6.83. The van der Waals surface area contributed by atoms with Crippen LogP contribution in [-0.2, 0) is 11.0 Å². The number of hydrogen-bond donors (Lipinski definition) is 1. The predicted octanol–water partition coefficient (Wildman–Crippen LogP) is 2.47. The molecule has 1 heterocycles. The van der Waals surface area contributed by atoms with Gasteiger partial charge in [0, 0.05) is 44.0 Å². The van der Waals surface area contributed by atoms with E-state index in [2.05, 4.69) is 6.58 Å². The van der Waals surface area contributed by atoms with Crippen LogP contribution in [0.5, 0.6) is 0 Å². The lowest BCUT2D eigenvalue weighted by atomic mass is 10.1. The molecule has 22 heavy (non-hydrogen) atoms. The van der Waals surface area contributed by atoms with Crippen LogP contribution >= 0.6 is 0 Å². The van der Waals surface area contributed by atoms with Gasteiger partial charge in [0.1, 0.15) is 0 Å². The van der Waals surface area contributed by atoms with E-state index in [0.29, 0.717) is 32.7 Å². The van der Waals surface area contributed by atoms with Crippen LogP contribution in [0.2, 0.25) is 0 Å². The van der Waals surface area contributed by atoms with Crippen LogP contribution in [0.3, 0.4) is 0 Å². The molecule has 0 bridgehead atoms. The Labute approximate surface area is 126 Å². The number of carboxylic acids is 1. The third-order valence-electron chi connectivity index (χ3n) is 3.65. The van der Waals surface area contributed by atoms with Gasteiger partial charge < -0.3 is 10.0 Å². The minimum atomic E-state index is -4.32. The molecule has 0 saturated carbocycles. The van der Waals surface area contributed by atoms with Gasteiger partial charge in [-0.2, -0.15) is 13.2 Å². The van der Waals surface area contributed by atoms with Crippen molar-refractivity contribution in [3.8, 4) is 0 Å². The van der Waals surface area contributed by atoms with Gasteiger partial charge in [0.05, 0.1) is 5.56 Å². The summed E-state index contributed by atoms with van der Waals surface area (Å²) >= 11 is 0. The van der Waals surface area contributed by atoms with Crippen molar-refractivity contribution in [1.82, 2.24) is 4.90 Å². The summed E-state index contributed by atoms with van der Waals surface area (Å²) in [5, 5.41) is 8.81. The second-order valence-corrected chi connectivity index (χ2v) is 5.22. The van der Waals surface area contributed by atoms with Crippen molar-refractivity contribution >= 4 is 11.7 Å². The highest BCUT2D eigenvalue weighted by molar-refractivity contribution is 5.86. The van der Waals surface area contributed by atoms with Crippen molar-refractivity contribution in [3.05, 3.63) is 42.0 Å². The summed E-state index contributed by atoms with van der Waals surface area (Å²) in [5.41, 5.74) is 0.223. The van der Waals surface area contributed by atoms with Crippen LogP contribution in [-0.4, -0.2) is 48.7 Å². The number of carbonyl (C=O) groups is 1. The molecule has 4 nitrogen and oxygen atoms in total. The molecule has 1 saturated heterocycles. The molecule has 1 aliphatic rings. The zero-order valence-corrected chi connectivity index (χ0v) is 11.9. The first kappa shape index (κ1) is 16.4. The van der Waals surface area contributed by atoms with Crippen molar-refractivity contribution < 1.29 is 23.1 Å². The SMILES string of the molecule is C=C(CN1CCN(c2ccc(C(F)(F)F)cc2)CC1)C(=O)O. The van der Waals surface area contributed by atoms with Crippen molar-refractivity contribution in [2.24, 2.45) is 0 Å². The highest BCUT2D eigenvalue weighted by Crippen LogP contribution is 2.30. The molecule has 1 fully saturated rings. The number of carboxylic acid groups (broad SMARTS) is 1. The Balaban J connectivity index is 1.92. The lowest BCUT2D eigenvalue weighted by Crippen LogP contribution is -2.47. The molecule has 2 rings (SSSR count). The van der Waals surface area contributed by atoms with Crippen molar-refractivity contribution in [2.45, 2.75) is 6.18 Å². The largest absolute Gasteiger partial charge is 0.478 e. The number of hydrogen-bond acceptors (Lipinski definition) is 3. The average Bonchev–Trinajstić information content (AvgIpc) is 2.47. The van der Waals surface area contributed by atoms with Crippen LogP contribution in [0, 0.1) is 0 Å². The number of alkyl halides is 3. The molecule has 0 unspecified atom stereocenters. The summed E-state index contributed by atoms with van der Waals surface area (Å²) in [6.45, 7) is 6.37. The molecular weight excluding hydrogens is 297 g/mol. The van der Waals surface area contributed by atoms with Gasteiger partial charge in [-0.15, -0.1) is 0 Å². The third kappa shape index (κ3) is 4.00. The van der Waals surface area contributed by atoms with Gasteiger partial charge in [0.2, 0.25) is 0 Å². The van der Waals surface area contributed by atoms with Gasteiger partial charge in [-0.1, -0.05) is 6.58 Å². The third-order valence-corrected chi connectivity index (χ3v) is 3.65. The van der Waals surface area contributed by atoms with E-state index in [-0.39, 0.29) is 5.57 Å². The van der Waals surface area contributed by atoms with E-state index < -0.39 is 17.7 Å². The Kier molecular flexibility index (Phi) is 4.75. The van der Waals surface area contributed by atoms with Gasteiger partial charge in [-0.25, -0.2) is 4.79 Å². The van der Waals surface area contributed by atoms with Crippen LogP contribution in [0.4, 0.5) is 18.9 Å². The zero-order chi connectivity index (χ0) is 16.3. The molecule has 0 radical (unpaired) electrons. The maximum Gasteiger partial charge on any atom is 0.416 e. The van der Waals surface area contributed by atoms with Gasteiger partial charge >= 0.3 is 12.1 Å². The van der Waals surface area contributed by atoms with E-state index in [1.54, 1.807) is 0 Å². The molecule has 1 N–H and O–H groups in total. The number of anilines is 1. The summed E-state index contributed by atoms with van der Waals surface area (Å²) in [6.07, 6.45) is -4.32. The fourth-order valence-electron chi connectivity index (χ4n) is 2.36. The minimum absolute atomic E-state index is 0.142. The highest BCUT2D eigenvalue weighted by atomic mass is 19.4. The fourth-order valence-corrected chi connectivity index (χ4v) is 2.36. The number of aliphatic carboxylic acids is 1. The van der Waals surface area contributed by atoms with E-state index in [4.69, 9.17) is 5.11 Å². The van der Waals surface area contributed by atoms with E-state index >= 15 is 0 Å². The Bertz CT molecular complexity index is 547. The number of benzene rings is 1. The minimum Gasteiger partial charge on any atom is -0.478 e. The van der Waals surface area contributed by atoms with Crippen molar-refractivity contribution in [2.75, 3.05) is 37.6 Å². The maximum atomic E-state index is 12.5. The smallest absolute Gasteiger partial charge is 0.416 e. The normalized spacial score (nSPS) is 16.6.